The van der Waals surface area contributed by atoms with Crippen molar-refractivity contribution in [3.63, 3.8) is 0 Å². The van der Waals surface area contributed by atoms with Gasteiger partial charge in [-0.15, -0.1) is 0 Å². The van der Waals surface area contributed by atoms with E-state index in [-0.39, 0.29) is 18.2 Å². The Bertz CT molecular complexity index is 1580. The highest BCUT2D eigenvalue weighted by Crippen LogP contribution is 2.44. The second-order valence-corrected chi connectivity index (χ2v) is 13.7. The Hall–Kier alpha value is -3.85. The second kappa shape index (κ2) is 10.5. The number of nitrogens with zero attached hydrogens (tertiary/aromatic N) is 5. The number of nitriles is 1. The van der Waals surface area contributed by atoms with E-state index in [2.05, 4.69) is 21.3 Å². The number of amides is 1. The molecule has 9 nitrogen and oxygen atoms in total. The van der Waals surface area contributed by atoms with Crippen molar-refractivity contribution in [1.82, 2.24) is 20.1 Å². The predicted molar refractivity (Wildman–Crippen MR) is 150 cm³/mol. The third-order valence-electron chi connectivity index (χ3n) is 8.42. The molecule has 214 valence electrons. The molecule has 3 aromatic rings. The molecule has 41 heavy (non-hydrogen) atoms. The van der Waals surface area contributed by atoms with E-state index in [1.165, 1.54) is 12.1 Å². The van der Waals surface area contributed by atoms with Gasteiger partial charge in [-0.2, -0.15) is 10.4 Å². The smallest absolute Gasteiger partial charge is 0.225 e. The first-order chi connectivity index (χ1) is 19.7. The number of benzene rings is 1. The van der Waals surface area contributed by atoms with Crippen LogP contribution in [-0.4, -0.2) is 61.2 Å². The van der Waals surface area contributed by atoms with Crippen molar-refractivity contribution in [3.8, 4) is 23.0 Å². The van der Waals surface area contributed by atoms with Crippen LogP contribution in [-0.2, 0) is 14.5 Å². The third-order valence-corrected chi connectivity index (χ3v) is 10.1. The molecule has 1 amide bonds. The van der Waals surface area contributed by atoms with E-state index in [0.29, 0.717) is 61.8 Å². The number of hydrogen-bond acceptors (Lipinski definition) is 7. The lowest BCUT2D eigenvalue weighted by atomic mass is 9.74. The number of hydrogen-bond donors (Lipinski definition) is 2. The minimum Gasteiger partial charge on any atom is -0.370 e. The fourth-order valence-electron chi connectivity index (χ4n) is 5.80. The first-order valence-electron chi connectivity index (χ1n) is 13.8. The van der Waals surface area contributed by atoms with E-state index in [1.807, 2.05) is 24.3 Å². The number of pyridine rings is 1. The quantitative estimate of drug-likeness (QED) is 0.447. The number of anilines is 1. The molecule has 12 heteroatoms. The van der Waals surface area contributed by atoms with Crippen LogP contribution in [0.1, 0.15) is 43.7 Å². The monoisotopic (exact) mass is 579 g/mol. The molecule has 2 aliphatic carbocycles. The van der Waals surface area contributed by atoms with Crippen LogP contribution in [0.2, 0.25) is 0 Å². The first-order valence-corrected chi connectivity index (χ1v) is 15.7. The topological polar surface area (TPSA) is 128 Å². The molecule has 2 unspecified atom stereocenters. The lowest BCUT2D eigenvalue weighted by molar-refractivity contribution is -0.128. The van der Waals surface area contributed by atoms with Crippen LogP contribution in [0.4, 0.5) is 14.5 Å². The number of carbonyl (C=O) groups excluding carboxylic acids is 1. The van der Waals surface area contributed by atoms with Gasteiger partial charge in [0.05, 0.1) is 18.0 Å². The van der Waals surface area contributed by atoms with E-state index in [9.17, 15) is 23.0 Å². The van der Waals surface area contributed by atoms with Gasteiger partial charge in [0.25, 0.3) is 0 Å². The van der Waals surface area contributed by atoms with Gasteiger partial charge in [-0.3, -0.25) is 9.57 Å². The van der Waals surface area contributed by atoms with Crippen LogP contribution < -0.4 is 10.2 Å². The molecule has 6 rings (SSSR count). The van der Waals surface area contributed by atoms with E-state index < -0.39 is 33.2 Å². The zero-order valence-electron chi connectivity index (χ0n) is 22.4. The summed E-state index contributed by atoms with van der Waals surface area (Å²) in [5, 5.41) is 17.2. The molecule has 3 fully saturated rings. The van der Waals surface area contributed by atoms with Crippen LogP contribution in [0.15, 0.2) is 48.8 Å². The van der Waals surface area contributed by atoms with Gasteiger partial charge in [0, 0.05) is 63.6 Å². The van der Waals surface area contributed by atoms with Gasteiger partial charge >= 0.3 is 0 Å². The van der Waals surface area contributed by atoms with E-state index in [1.54, 1.807) is 10.9 Å². The average Bonchev–Trinajstić information content (AvgIpc) is 3.60. The molecule has 2 aromatic heterocycles. The van der Waals surface area contributed by atoms with Gasteiger partial charge in [-0.25, -0.2) is 22.7 Å². The SMILES string of the molecule is N#CC1(NC(=O)[C@@H]2CC(F)CCC2c2nn(-c3ccc(F)cn3)cc2-c2ccc(N3CCS(=N)(=O)CC3)cc2)CC1. The molecule has 1 aliphatic heterocycles. The molecule has 1 aromatic carbocycles. The van der Waals surface area contributed by atoms with E-state index in [0.717, 1.165) is 23.0 Å². The summed E-state index contributed by atoms with van der Waals surface area (Å²) in [6.07, 6.45) is 3.73. The van der Waals surface area contributed by atoms with Crippen molar-refractivity contribution in [2.45, 2.75) is 49.7 Å². The van der Waals surface area contributed by atoms with Crippen LogP contribution in [0.5, 0.6) is 0 Å². The highest BCUT2D eigenvalue weighted by Gasteiger charge is 2.48. The van der Waals surface area contributed by atoms with Crippen molar-refractivity contribution in [2.24, 2.45) is 5.92 Å². The van der Waals surface area contributed by atoms with Gasteiger partial charge in [0.15, 0.2) is 5.82 Å². The maximum absolute atomic E-state index is 14.7. The van der Waals surface area contributed by atoms with E-state index >= 15 is 0 Å². The lowest BCUT2D eigenvalue weighted by Gasteiger charge is -2.32. The fraction of sp³-hybridized carbons (Fsp3) is 0.448. The van der Waals surface area contributed by atoms with Gasteiger partial charge in [-0.1, -0.05) is 12.1 Å². The van der Waals surface area contributed by atoms with Crippen molar-refractivity contribution in [1.29, 1.82) is 10.0 Å². The van der Waals surface area contributed by atoms with Gasteiger partial charge < -0.3 is 10.2 Å². The Morgan fingerprint density at radius 2 is 1.88 bits per heavy atom. The van der Waals surface area contributed by atoms with Crippen LogP contribution in [0, 0.1) is 27.8 Å². The minimum atomic E-state index is -2.50. The molecule has 2 saturated carbocycles. The normalized spacial score (nSPS) is 24.8. The molecule has 2 N–H and O–H groups in total. The van der Waals surface area contributed by atoms with Gasteiger partial charge in [0.1, 0.15) is 17.5 Å². The lowest BCUT2D eigenvalue weighted by Crippen LogP contribution is -2.44. The van der Waals surface area contributed by atoms with Crippen LogP contribution in [0.3, 0.4) is 0 Å². The van der Waals surface area contributed by atoms with Crippen molar-refractivity contribution >= 4 is 21.3 Å². The standard InChI is InChI=1S/C29H31F2N7O2S/c30-20-3-7-23(24(15-20)28(39)35-29(18-32)9-10-29)27-25(17-38(36-27)26-8-4-21(31)16-34-26)19-1-5-22(6-2-19)37-11-13-41(33,40)14-12-37/h1-2,4-6,8,16-17,20,23-24,33H,3,7,9-15H2,(H,35,39)/t20?,23?,24-/m1/s1. The number of rotatable bonds is 6. The number of nitrogens with one attached hydrogen (secondary N) is 2. The zero-order chi connectivity index (χ0) is 28.8. The van der Waals surface area contributed by atoms with Gasteiger partial charge in [-0.05, 0) is 61.9 Å². The highest BCUT2D eigenvalue weighted by atomic mass is 32.2. The molecule has 0 spiro atoms. The summed E-state index contributed by atoms with van der Waals surface area (Å²) in [7, 11) is -2.50. The first kappa shape index (κ1) is 27.3. The van der Waals surface area contributed by atoms with Crippen LogP contribution in [0.25, 0.3) is 16.9 Å². The summed E-state index contributed by atoms with van der Waals surface area (Å²) in [6.45, 7) is 1.10. The minimum absolute atomic E-state index is 0.0478. The molecule has 3 aliphatic rings. The molecule has 3 heterocycles. The molecule has 0 bridgehead atoms. The molecule has 1 saturated heterocycles. The van der Waals surface area contributed by atoms with Crippen molar-refractivity contribution < 1.29 is 17.8 Å². The Morgan fingerprint density at radius 3 is 2.51 bits per heavy atom. The summed E-state index contributed by atoms with van der Waals surface area (Å²) in [5.41, 5.74) is 2.33. The largest absolute Gasteiger partial charge is 0.370 e. The van der Waals surface area contributed by atoms with Crippen molar-refractivity contribution in [3.05, 3.63) is 60.3 Å². The highest BCUT2D eigenvalue weighted by molar-refractivity contribution is 7.92. The Kier molecular flexibility index (Phi) is 7.01. The van der Waals surface area contributed by atoms with Crippen LogP contribution >= 0.6 is 0 Å². The maximum Gasteiger partial charge on any atom is 0.225 e. The van der Waals surface area contributed by atoms with Gasteiger partial charge in [0.2, 0.25) is 5.91 Å². The molecule has 0 radical (unpaired) electrons. The summed E-state index contributed by atoms with van der Waals surface area (Å²) in [6, 6.07) is 12.8. The fourth-order valence-corrected chi connectivity index (χ4v) is 7.03. The molecular formula is C29H31F2N7O2S. The Balaban J connectivity index is 1.36. The summed E-state index contributed by atoms with van der Waals surface area (Å²) in [4.78, 5) is 19.7. The summed E-state index contributed by atoms with van der Waals surface area (Å²) in [5.74, 6) is -0.803. The van der Waals surface area contributed by atoms with Crippen molar-refractivity contribution in [2.75, 3.05) is 29.5 Å². The Labute approximate surface area is 237 Å². The number of halogens is 2. The number of aromatic nitrogens is 3. The molecular weight excluding hydrogens is 548 g/mol. The number of carbonyl (C=O) groups is 1. The predicted octanol–water partition coefficient (Wildman–Crippen LogP) is 4.33. The summed E-state index contributed by atoms with van der Waals surface area (Å²) >= 11 is 0. The summed E-state index contributed by atoms with van der Waals surface area (Å²) < 4.78 is 49.7. The Morgan fingerprint density at radius 1 is 1.15 bits per heavy atom. The average molecular weight is 580 g/mol. The zero-order valence-corrected chi connectivity index (χ0v) is 23.2. The number of alkyl halides is 1. The maximum atomic E-state index is 14.7. The molecule has 3 atom stereocenters. The third kappa shape index (κ3) is 5.68. The second-order valence-electron chi connectivity index (χ2n) is 11.3. The van der Waals surface area contributed by atoms with E-state index in [4.69, 9.17) is 9.88 Å².